The van der Waals surface area contributed by atoms with Gasteiger partial charge in [0, 0.05) is 24.5 Å². The SMILES string of the molecule is Cn1c(C2CC2)c(-c2ccc3c(n2)CCC3)c[n+]1C1CC(CN)C1. The maximum absolute atomic E-state index is 5.82. The van der Waals surface area contributed by atoms with Crippen molar-refractivity contribution >= 4 is 0 Å². The van der Waals surface area contributed by atoms with E-state index in [1.807, 2.05) is 0 Å². The number of nitrogens with two attached hydrogens (primary N) is 1. The largest absolute Gasteiger partial charge is 0.330 e. The first kappa shape index (κ1) is 14.6. The molecule has 0 spiro atoms. The summed E-state index contributed by atoms with van der Waals surface area (Å²) in [4.78, 5) is 5.04. The van der Waals surface area contributed by atoms with Crippen molar-refractivity contribution in [1.82, 2.24) is 9.67 Å². The van der Waals surface area contributed by atoms with Crippen molar-refractivity contribution in [2.45, 2.75) is 56.9 Å². The number of pyridine rings is 1. The van der Waals surface area contributed by atoms with Crippen LogP contribution in [-0.4, -0.2) is 16.2 Å². The molecule has 2 aromatic heterocycles. The number of hydrogen-bond acceptors (Lipinski definition) is 2. The number of aryl methyl sites for hydroxylation is 2. The van der Waals surface area contributed by atoms with E-state index in [-0.39, 0.29) is 0 Å². The van der Waals surface area contributed by atoms with E-state index >= 15 is 0 Å². The van der Waals surface area contributed by atoms with E-state index in [0.29, 0.717) is 12.0 Å². The fraction of sp³-hybridized carbons (Fsp3) is 0.600. The van der Waals surface area contributed by atoms with Gasteiger partial charge in [-0.25, -0.2) is 0 Å². The van der Waals surface area contributed by atoms with Crippen LogP contribution in [0.2, 0.25) is 0 Å². The van der Waals surface area contributed by atoms with Crippen LogP contribution in [0.4, 0.5) is 0 Å². The molecule has 4 heteroatoms. The molecular formula is C20H27N4+. The van der Waals surface area contributed by atoms with Crippen LogP contribution in [0, 0.1) is 5.92 Å². The Bertz CT molecular complexity index is 781. The summed E-state index contributed by atoms with van der Waals surface area (Å²) in [6.45, 7) is 0.830. The van der Waals surface area contributed by atoms with Gasteiger partial charge in [0.15, 0.2) is 6.04 Å². The van der Waals surface area contributed by atoms with Crippen LogP contribution in [0.5, 0.6) is 0 Å². The van der Waals surface area contributed by atoms with Gasteiger partial charge < -0.3 is 5.73 Å². The molecule has 126 valence electrons. The maximum Gasteiger partial charge on any atom is 0.205 e. The van der Waals surface area contributed by atoms with Gasteiger partial charge in [-0.05, 0) is 56.2 Å². The lowest BCUT2D eigenvalue weighted by molar-refractivity contribution is -0.806. The molecule has 3 aliphatic carbocycles. The minimum Gasteiger partial charge on any atom is -0.330 e. The molecule has 0 atom stereocenters. The average Bonchev–Trinajstić information content (AvgIpc) is 3.17. The molecule has 4 nitrogen and oxygen atoms in total. The molecule has 5 rings (SSSR count). The summed E-state index contributed by atoms with van der Waals surface area (Å²) in [5.74, 6) is 1.44. The molecule has 0 aromatic carbocycles. The van der Waals surface area contributed by atoms with Gasteiger partial charge in [-0.2, -0.15) is 4.68 Å². The lowest BCUT2D eigenvalue weighted by Gasteiger charge is -2.29. The van der Waals surface area contributed by atoms with Crippen molar-refractivity contribution < 1.29 is 4.68 Å². The van der Waals surface area contributed by atoms with Crippen molar-refractivity contribution in [3.63, 3.8) is 0 Å². The van der Waals surface area contributed by atoms with E-state index in [0.717, 1.165) is 18.9 Å². The predicted octanol–water partition coefficient (Wildman–Crippen LogP) is 2.65. The number of rotatable bonds is 4. The highest BCUT2D eigenvalue weighted by atomic mass is 15.4. The molecule has 2 heterocycles. The molecule has 0 bridgehead atoms. The van der Waals surface area contributed by atoms with Crippen LogP contribution >= 0.6 is 0 Å². The highest BCUT2D eigenvalue weighted by Gasteiger charge is 2.41. The smallest absolute Gasteiger partial charge is 0.205 e. The molecule has 0 saturated heterocycles. The Balaban J connectivity index is 1.55. The summed E-state index contributed by atoms with van der Waals surface area (Å²) >= 11 is 0. The summed E-state index contributed by atoms with van der Waals surface area (Å²) in [5, 5.41) is 0. The predicted molar refractivity (Wildman–Crippen MR) is 93.7 cm³/mol. The summed E-state index contributed by atoms with van der Waals surface area (Å²) in [7, 11) is 2.24. The van der Waals surface area contributed by atoms with E-state index in [4.69, 9.17) is 10.7 Å². The van der Waals surface area contributed by atoms with E-state index in [1.54, 1.807) is 0 Å². The second kappa shape index (κ2) is 5.41. The molecule has 24 heavy (non-hydrogen) atoms. The van der Waals surface area contributed by atoms with Gasteiger partial charge in [-0.15, -0.1) is 4.68 Å². The van der Waals surface area contributed by atoms with Crippen molar-refractivity contribution in [2.75, 3.05) is 6.54 Å². The Morgan fingerprint density at radius 1 is 1.25 bits per heavy atom. The van der Waals surface area contributed by atoms with Crippen LogP contribution in [0.25, 0.3) is 11.3 Å². The van der Waals surface area contributed by atoms with Crippen molar-refractivity contribution in [2.24, 2.45) is 18.7 Å². The summed E-state index contributed by atoms with van der Waals surface area (Å²) < 4.78 is 4.88. The first-order valence-electron chi connectivity index (χ1n) is 9.55. The minimum absolute atomic E-state index is 0.615. The summed E-state index contributed by atoms with van der Waals surface area (Å²) in [6.07, 6.45) is 11.1. The second-order valence-corrected chi connectivity index (χ2v) is 7.99. The molecule has 0 radical (unpaired) electrons. The van der Waals surface area contributed by atoms with Crippen molar-refractivity contribution in [1.29, 1.82) is 0 Å². The van der Waals surface area contributed by atoms with Gasteiger partial charge in [0.05, 0.1) is 24.0 Å². The Morgan fingerprint density at radius 3 is 2.83 bits per heavy atom. The monoisotopic (exact) mass is 323 g/mol. The first-order valence-corrected chi connectivity index (χ1v) is 9.55. The standard InChI is InChI=1S/C20H27N4/c1-23-20(15-5-6-15)17(12-24(23)16-9-13(10-16)11-21)19-8-7-14-3-2-4-18(14)22-19/h7-8,12-13,15-16H,2-6,9-11,21H2,1H3/q+1. The molecule has 0 unspecified atom stereocenters. The zero-order valence-corrected chi connectivity index (χ0v) is 14.5. The van der Waals surface area contributed by atoms with Crippen LogP contribution in [0.3, 0.4) is 0 Å². The molecule has 2 saturated carbocycles. The van der Waals surface area contributed by atoms with Crippen molar-refractivity contribution in [3.8, 4) is 11.3 Å². The molecular weight excluding hydrogens is 296 g/mol. The van der Waals surface area contributed by atoms with Crippen molar-refractivity contribution in [3.05, 3.63) is 35.3 Å². The van der Waals surface area contributed by atoms with E-state index in [1.165, 1.54) is 66.7 Å². The number of aromatic nitrogens is 3. The van der Waals surface area contributed by atoms with Crippen LogP contribution in [0.15, 0.2) is 18.3 Å². The lowest BCUT2D eigenvalue weighted by atomic mass is 9.80. The fourth-order valence-corrected chi connectivity index (χ4v) is 4.65. The van der Waals surface area contributed by atoms with Crippen LogP contribution in [0.1, 0.15) is 61.0 Å². The van der Waals surface area contributed by atoms with E-state index < -0.39 is 0 Å². The van der Waals surface area contributed by atoms with Gasteiger partial charge in [0.25, 0.3) is 0 Å². The van der Waals surface area contributed by atoms with Gasteiger partial charge in [0.1, 0.15) is 0 Å². The molecule has 3 aliphatic rings. The average molecular weight is 323 g/mol. The third-order valence-corrected chi connectivity index (χ3v) is 6.32. The van der Waals surface area contributed by atoms with Gasteiger partial charge >= 0.3 is 0 Å². The molecule has 2 N–H and O–H groups in total. The highest BCUT2D eigenvalue weighted by Crippen LogP contribution is 2.44. The lowest BCUT2D eigenvalue weighted by Crippen LogP contribution is -2.53. The molecule has 2 aromatic rings. The number of hydrogen-bond donors (Lipinski definition) is 1. The first-order chi connectivity index (χ1) is 11.7. The molecule has 0 aliphatic heterocycles. The maximum atomic E-state index is 5.82. The van der Waals surface area contributed by atoms with Crippen LogP contribution in [-0.2, 0) is 19.9 Å². The normalized spacial score (nSPS) is 25.6. The second-order valence-electron chi connectivity index (χ2n) is 7.99. The molecule has 0 amide bonds. The Hall–Kier alpha value is -1.68. The van der Waals surface area contributed by atoms with Gasteiger partial charge in [0.2, 0.25) is 6.20 Å². The van der Waals surface area contributed by atoms with Gasteiger partial charge in [-0.1, -0.05) is 6.07 Å². The Labute approximate surface area is 143 Å². The topological polar surface area (TPSA) is 47.7 Å². The van der Waals surface area contributed by atoms with Crippen LogP contribution < -0.4 is 10.4 Å². The summed E-state index contributed by atoms with van der Waals surface area (Å²) in [5.41, 5.74) is 12.7. The minimum atomic E-state index is 0.615. The number of fused-ring (bicyclic) bond motifs is 1. The van der Waals surface area contributed by atoms with E-state index in [2.05, 4.69) is 34.7 Å². The summed E-state index contributed by atoms with van der Waals surface area (Å²) in [6, 6.07) is 5.18. The number of nitrogens with zero attached hydrogens (tertiary/aromatic N) is 3. The molecule has 2 fully saturated rings. The van der Waals surface area contributed by atoms with E-state index in [9.17, 15) is 0 Å². The highest BCUT2D eigenvalue weighted by molar-refractivity contribution is 5.62. The zero-order valence-electron chi connectivity index (χ0n) is 14.5. The third kappa shape index (κ3) is 2.23. The third-order valence-electron chi connectivity index (χ3n) is 6.32. The fourth-order valence-electron chi connectivity index (χ4n) is 4.65. The quantitative estimate of drug-likeness (QED) is 0.879. The van der Waals surface area contributed by atoms with Gasteiger partial charge in [-0.3, -0.25) is 4.98 Å². The zero-order chi connectivity index (χ0) is 16.3. The Morgan fingerprint density at radius 2 is 2.08 bits per heavy atom. The Kier molecular flexibility index (Phi) is 3.30.